The quantitative estimate of drug-likeness (QED) is 0.875. The molecule has 1 aromatic rings. The zero-order valence-electron chi connectivity index (χ0n) is 10.7. The Balaban J connectivity index is 1.84. The number of rotatable bonds is 5. The van der Waals surface area contributed by atoms with Crippen molar-refractivity contribution in [3.05, 3.63) is 16.1 Å². The maximum atomic E-state index is 5.51. The van der Waals surface area contributed by atoms with Crippen LogP contribution in [0.25, 0.3) is 0 Å². The summed E-state index contributed by atoms with van der Waals surface area (Å²) in [5, 5.41) is 4.54. The predicted octanol–water partition coefficient (Wildman–Crippen LogP) is 2.26. The van der Waals surface area contributed by atoms with Crippen LogP contribution < -0.4 is 5.32 Å². The second-order valence-corrected chi connectivity index (χ2v) is 6.10. The van der Waals surface area contributed by atoms with E-state index < -0.39 is 0 Å². The van der Waals surface area contributed by atoms with E-state index in [-0.39, 0.29) is 0 Å². The van der Waals surface area contributed by atoms with Crippen LogP contribution in [0.3, 0.4) is 0 Å². The van der Waals surface area contributed by atoms with E-state index in [1.54, 1.807) is 0 Å². The second-order valence-electron chi connectivity index (χ2n) is 4.90. The van der Waals surface area contributed by atoms with E-state index in [0.717, 1.165) is 26.1 Å². The Hall–Kier alpha value is -0.450. The number of hydrogen-bond donors (Lipinski definition) is 1. The molecular formula is C13H22N2OS. The van der Waals surface area contributed by atoms with Crippen molar-refractivity contribution in [3.63, 3.8) is 0 Å². The van der Waals surface area contributed by atoms with Crippen LogP contribution in [-0.4, -0.2) is 31.3 Å². The largest absolute Gasteiger partial charge is 0.381 e. The first kappa shape index (κ1) is 13.0. The van der Waals surface area contributed by atoms with Gasteiger partial charge in [0.25, 0.3) is 0 Å². The Morgan fingerprint density at radius 3 is 3.24 bits per heavy atom. The summed E-state index contributed by atoms with van der Waals surface area (Å²) >= 11 is 1.86. The maximum absolute atomic E-state index is 5.51. The van der Waals surface area contributed by atoms with Crippen molar-refractivity contribution in [1.82, 2.24) is 10.3 Å². The fourth-order valence-electron chi connectivity index (χ4n) is 2.16. The zero-order chi connectivity index (χ0) is 12.1. The highest BCUT2D eigenvalue weighted by Gasteiger charge is 2.16. The number of ether oxygens (including phenoxy) is 1. The first-order valence-corrected chi connectivity index (χ1v) is 7.28. The van der Waals surface area contributed by atoms with Crippen LogP contribution in [0.1, 0.15) is 29.7 Å². The lowest BCUT2D eigenvalue weighted by Gasteiger charge is -2.20. The Morgan fingerprint density at radius 1 is 1.65 bits per heavy atom. The smallest absolute Gasteiger partial charge is 0.0931 e. The monoisotopic (exact) mass is 254 g/mol. The molecule has 1 saturated heterocycles. The minimum atomic E-state index is 0.529. The van der Waals surface area contributed by atoms with Gasteiger partial charge >= 0.3 is 0 Å². The lowest BCUT2D eigenvalue weighted by Crippen LogP contribution is -2.22. The summed E-state index contributed by atoms with van der Waals surface area (Å²) in [6.07, 6.45) is 6.72. The van der Waals surface area contributed by atoms with E-state index in [0.29, 0.717) is 12.0 Å². The van der Waals surface area contributed by atoms with Gasteiger partial charge in [-0.15, -0.1) is 11.3 Å². The summed E-state index contributed by atoms with van der Waals surface area (Å²) < 4.78 is 5.51. The van der Waals surface area contributed by atoms with Crippen LogP contribution in [0.2, 0.25) is 0 Å². The van der Waals surface area contributed by atoms with Gasteiger partial charge in [-0.3, -0.25) is 0 Å². The second kappa shape index (κ2) is 6.47. The summed E-state index contributed by atoms with van der Waals surface area (Å²) in [6, 6.07) is 0.529. The number of aromatic nitrogens is 1. The van der Waals surface area contributed by atoms with Crippen molar-refractivity contribution < 1.29 is 4.74 Å². The highest BCUT2D eigenvalue weighted by Crippen LogP contribution is 2.22. The summed E-state index contributed by atoms with van der Waals surface area (Å²) in [5.74, 6) is 0.685. The van der Waals surface area contributed by atoms with Crippen molar-refractivity contribution in [3.8, 4) is 0 Å². The third-order valence-electron chi connectivity index (χ3n) is 3.32. The predicted molar refractivity (Wildman–Crippen MR) is 71.6 cm³/mol. The van der Waals surface area contributed by atoms with E-state index >= 15 is 0 Å². The average molecular weight is 254 g/mol. The number of likely N-dealkylation sites (N-methyl/N-ethyl adjacent to an activating group) is 1. The molecule has 0 amide bonds. The van der Waals surface area contributed by atoms with E-state index in [2.05, 4.69) is 17.2 Å². The van der Waals surface area contributed by atoms with Gasteiger partial charge in [0.15, 0.2) is 0 Å². The minimum Gasteiger partial charge on any atom is -0.381 e. The Bertz CT molecular complexity index is 334. The van der Waals surface area contributed by atoms with Gasteiger partial charge < -0.3 is 10.1 Å². The summed E-state index contributed by atoms with van der Waals surface area (Å²) in [6.45, 7) is 4.06. The molecule has 2 rings (SSSR count). The molecule has 1 aromatic heterocycles. The van der Waals surface area contributed by atoms with Crippen molar-refractivity contribution >= 4 is 11.3 Å². The molecule has 0 saturated carbocycles. The zero-order valence-corrected chi connectivity index (χ0v) is 11.6. The van der Waals surface area contributed by atoms with E-state index in [4.69, 9.17) is 4.74 Å². The van der Waals surface area contributed by atoms with Crippen molar-refractivity contribution in [2.24, 2.45) is 5.92 Å². The Labute approximate surface area is 108 Å². The van der Waals surface area contributed by atoms with Gasteiger partial charge in [-0.05, 0) is 39.2 Å². The molecular weight excluding hydrogens is 232 g/mol. The van der Waals surface area contributed by atoms with Gasteiger partial charge in [0.05, 0.1) is 5.01 Å². The molecule has 96 valence electrons. The highest BCUT2D eigenvalue weighted by molar-refractivity contribution is 7.11. The molecule has 4 heteroatoms. The number of hydrogen-bond acceptors (Lipinski definition) is 4. The molecule has 2 atom stereocenters. The van der Waals surface area contributed by atoms with Gasteiger partial charge in [-0.25, -0.2) is 4.98 Å². The van der Waals surface area contributed by atoms with Gasteiger partial charge in [0.2, 0.25) is 0 Å². The number of nitrogens with one attached hydrogen (secondary N) is 1. The SMILES string of the molecule is CNC(C)Cc1cnc(CC2CCCOC2)s1. The molecule has 0 aromatic carbocycles. The third kappa shape index (κ3) is 4.05. The van der Waals surface area contributed by atoms with E-state index in [9.17, 15) is 0 Å². The summed E-state index contributed by atoms with van der Waals surface area (Å²) in [4.78, 5) is 5.92. The van der Waals surface area contributed by atoms with E-state index in [1.165, 1.54) is 22.7 Å². The fourth-order valence-corrected chi connectivity index (χ4v) is 3.32. The van der Waals surface area contributed by atoms with Crippen LogP contribution in [0, 0.1) is 5.92 Å². The van der Waals surface area contributed by atoms with Gasteiger partial charge in [-0.2, -0.15) is 0 Å². The Kier molecular flexibility index (Phi) is 4.95. The van der Waals surface area contributed by atoms with Gasteiger partial charge in [0.1, 0.15) is 0 Å². The normalized spacial score (nSPS) is 22.6. The molecule has 0 aliphatic carbocycles. The van der Waals surface area contributed by atoms with Crippen LogP contribution in [0.15, 0.2) is 6.20 Å². The molecule has 1 aliphatic heterocycles. The fraction of sp³-hybridized carbons (Fsp3) is 0.769. The van der Waals surface area contributed by atoms with Crippen molar-refractivity contribution in [1.29, 1.82) is 0 Å². The van der Waals surface area contributed by atoms with Crippen molar-refractivity contribution in [2.45, 2.75) is 38.6 Å². The summed E-state index contributed by atoms with van der Waals surface area (Å²) in [7, 11) is 2.01. The lowest BCUT2D eigenvalue weighted by molar-refractivity contribution is 0.0550. The molecule has 0 radical (unpaired) electrons. The molecule has 17 heavy (non-hydrogen) atoms. The molecule has 2 heterocycles. The minimum absolute atomic E-state index is 0.529. The average Bonchev–Trinajstić information content (AvgIpc) is 2.77. The van der Waals surface area contributed by atoms with Gasteiger partial charge in [-0.1, -0.05) is 0 Å². The van der Waals surface area contributed by atoms with Gasteiger partial charge in [0, 0.05) is 36.8 Å². The van der Waals surface area contributed by atoms with Crippen LogP contribution in [-0.2, 0) is 17.6 Å². The van der Waals surface area contributed by atoms with Crippen molar-refractivity contribution in [2.75, 3.05) is 20.3 Å². The first-order valence-electron chi connectivity index (χ1n) is 6.46. The third-order valence-corrected chi connectivity index (χ3v) is 4.36. The lowest BCUT2D eigenvalue weighted by atomic mass is 9.99. The number of nitrogens with zero attached hydrogens (tertiary/aromatic N) is 1. The molecule has 1 N–H and O–H groups in total. The van der Waals surface area contributed by atoms with Crippen LogP contribution in [0.4, 0.5) is 0 Å². The first-order chi connectivity index (χ1) is 8.28. The summed E-state index contributed by atoms with van der Waals surface area (Å²) in [5.41, 5.74) is 0. The molecule has 0 bridgehead atoms. The topological polar surface area (TPSA) is 34.2 Å². The molecule has 3 nitrogen and oxygen atoms in total. The van der Waals surface area contributed by atoms with Crippen LogP contribution in [0.5, 0.6) is 0 Å². The highest BCUT2D eigenvalue weighted by atomic mass is 32.1. The molecule has 2 unspecified atom stereocenters. The van der Waals surface area contributed by atoms with E-state index in [1.807, 2.05) is 24.6 Å². The Morgan fingerprint density at radius 2 is 2.53 bits per heavy atom. The van der Waals surface area contributed by atoms with Crippen LogP contribution >= 0.6 is 11.3 Å². The maximum Gasteiger partial charge on any atom is 0.0931 e. The number of thiazole rings is 1. The molecule has 1 aliphatic rings. The molecule has 0 spiro atoms. The standard InChI is InChI=1S/C13H22N2OS/c1-10(14-2)6-12-8-15-13(17-12)7-11-4-3-5-16-9-11/h8,10-11,14H,3-7,9H2,1-2H3. The molecule has 1 fully saturated rings.